The number of carbonyl (C=O) groups is 1. The normalized spacial score (nSPS) is 10.7. The largest absolute Gasteiger partial charge is 0.462 e. The van der Waals surface area contributed by atoms with Gasteiger partial charge in [-0.2, -0.15) is 10.4 Å². The lowest BCUT2D eigenvalue weighted by Crippen LogP contribution is -2.08. The van der Waals surface area contributed by atoms with E-state index in [0.717, 1.165) is 0 Å². The van der Waals surface area contributed by atoms with Crippen LogP contribution in [0.2, 0.25) is 0 Å². The van der Waals surface area contributed by atoms with E-state index < -0.39 is 5.97 Å². The Hall–Kier alpha value is -2.29. The second kappa shape index (κ2) is 5.56. The summed E-state index contributed by atoms with van der Waals surface area (Å²) in [6, 6.07) is 3.48. The molecule has 6 heteroatoms. The van der Waals surface area contributed by atoms with E-state index in [4.69, 9.17) is 10.00 Å². The molecule has 0 radical (unpaired) electrons. The van der Waals surface area contributed by atoms with E-state index >= 15 is 0 Å². The Kier molecular flexibility index (Phi) is 4.09. The maximum absolute atomic E-state index is 11.2. The average Bonchev–Trinajstić information content (AvgIpc) is 2.66. The highest BCUT2D eigenvalue weighted by atomic mass is 16.5. The highest BCUT2D eigenvalue weighted by Gasteiger charge is 2.09. The van der Waals surface area contributed by atoms with Crippen molar-refractivity contribution in [2.24, 2.45) is 7.05 Å². The molecule has 0 atom stereocenters. The molecule has 0 bridgehead atoms. The fourth-order valence-corrected chi connectivity index (χ4v) is 1.01. The predicted molar refractivity (Wildman–Crippen MR) is 57.2 cm³/mol. The molecule has 0 aliphatic rings. The first-order valence-corrected chi connectivity index (χ1v) is 4.71. The number of carbonyl (C=O) groups excluding carboxylic acids is 1. The second-order valence-electron chi connectivity index (χ2n) is 2.87. The van der Waals surface area contributed by atoms with Crippen LogP contribution in [-0.4, -0.2) is 22.4 Å². The van der Waals surface area contributed by atoms with Crippen LogP contribution in [0, 0.1) is 11.3 Å². The van der Waals surface area contributed by atoms with Crippen molar-refractivity contribution in [1.29, 1.82) is 5.26 Å². The van der Waals surface area contributed by atoms with E-state index in [9.17, 15) is 4.79 Å². The minimum absolute atomic E-state index is 0.0805. The Labute approximate surface area is 93.1 Å². The minimum atomic E-state index is -0.639. The fraction of sp³-hybridized carbons (Fsp3) is 0.300. The van der Waals surface area contributed by atoms with Crippen LogP contribution in [-0.2, 0) is 16.6 Å². The summed E-state index contributed by atoms with van der Waals surface area (Å²) in [6.45, 7) is 1.92. The molecule has 0 aromatic carbocycles. The maximum atomic E-state index is 11.2. The van der Waals surface area contributed by atoms with Crippen molar-refractivity contribution in [3.8, 4) is 6.07 Å². The quantitative estimate of drug-likeness (QED) is 0.461. The number of hydrogen-bond acceptors (Lipinski definition) is 5. The number of ether oxygens (including phenoxy) is 1. The third-order valence-electron chi connectivity index (χ3n) is 1.80. The Morgan fingerprint density at radius 3 is 3.06 bits per heavy atom. The molecule has 1 heterocycles. The van der Waals surface area contributed by atoms with Gasteiger partial charge in [-0.3, -0.25) is 4.68 Å². The van der Waals surface area contributed by atoms with Gasteiger partial charge in [0.25, 0.3) is 0 Å². The molecule has 0 aliphatic carbocycles. The van der Waals surface area contributed by atoms with Gasteiger partial charge in [-0.15, -0.1) is 0 Å². The van der Waals surface area contributed by atoms with Gasteiger partial charge < -0.3 is 10.1 Å². The van der Waals surface area contributed by atoms with Crippen molar-refractivity contribution in [1.82, 2.24) is 9.78 Å². The highest BCUT2D eigenvalue weighted by Crippen LogP contribution is 2.05. The van der Waals surface area contributed by atoms with E-state index in [1.807, 2.05) is 0 Å². The van der Waals surface area contributed by atoms with Crippen LogP contribution in [0.4, 0.5) is 5.82 Å². The lowest BCUT2D eigenvalue weighted by molar-refractivity contribution is -0.138. The molecule has 0 saturated heterocycles. The zero-order valence-electron chi connectivity index (χ0n) is 9.10. The van der Waals surface area contributed by atoms with Gasteiger partial charge in [-0.05, 0) is 6.92 Å². The molecule has 1 rings (SSSR count). The van der Waals surface area contributed by atoms with E-state index in [1.165, 1.54) is 6.20 Å². The third-order valence-corrected chi connectivity index (χ3v) is 1.80. The molecule has 0 saturated carbocycles. The van der Waals surface area contributed by atoms with E-state index in [1.54, 1.807) is 37.0 Å². The van der Waals surface area contributed by atoms with Gasteiger partial charge in [0.15, 0.2) is 5.57 Å². The molecule has 1 aromatic heterocycles. The summed E-state index contributed by atoms with van der Waals surface area (Å²) in [7, 11) is 1.74. The molecule has 1 N–H and O–H groups in total. The Morgan fingerprint density at radius 1 is 1.81 bits per heavy atom. The third kappa shape index (κ3) is 2.85. The zero-order valence-corrected chi connectivity index (χ0v) is 9.10. The molecule has 0 unspecified atom stereocenters. The van der Waals surface area contributed by atoms with Crippen molar-refractivity contribution >= 4 is 11.8 Å². The molecule has 6 nitrogen and oxygen atoms in total. The number of aryl methyl sites for hydroxylation is 1. The number of nitrogens with one attached hydrogen (secondary N) is 1. The number of anilines is 1. The van der Waals surface area contributed by atoms with Crippen LogP contribution < -0.4 is 5.32 Å². The van der Waals surface area contributed by atoms with Crippen molar-refractivity contribution in [2.75, 3.05) is 11.9 Å². The predicted octanol–water partition coefficient (Wildman–Crippen LogP) is 0.803. The number of aromatic nitrogens is 2. The van der Waals surface area contributed by atoms with E-state index in [0.29, 0.717) is 5.82 Å². The van der Waals surface area contributed by atoms with Gasteiger partial charge >= 0.3 is 5.97 Å². The number of nitriles is 1. The average molecular weight is 220 g/mol. The van der Waals surface area contributed by atoms with E-state index in [-0.39, 0.29) is 12.2 Å². The first kappa shape index (κ1) is 11.8. The second-order valence-corrected chi connectivity index (χ2v) is 2.87. The van der Waals surface area contributed by atoms with E-state index in [2.05, 4.69) is 10.4 Å². The van der Waals surface area contributed by atoms with Gasteiger partial charge in [0.1, 0.15) is 11.9 Å². The molecule has 84 valence electrons. The van der Waals surface area contributed by atoms with Crippen LogP contribution in [0.25, 0.3) is 0 Å². The van der Waals surface area contributed by atoms with Crippen LogP contribution in [0.3, 0.4) is 0 Å². The first-order valence-electron chi connectivity index (χ1n) is 4.71. The van der Waals surface area contributed by atoms with Crippen molar-refractivity contribution < 1.29 is 9.53 Å². The summed E-state index contributed by atoms with van der Waals surface area (Å²) in [5.41, 5.74) is -0.0805. The number of hydrogen-bond donors (Lipinski definition) is 1. The Morgan fingerprint density at radius 2 is 2.56 bits per heavy atom. The van der Waals surface area contributed by atoms with Gasteiger partial charge in [0.05, 0.1) is 12.8 Å². The van der Waals surface area contributed by atoms with Crippen LogP contribution in [0.15, 0.2) is 24.0 Å². The van der Waals surface area contributed by atoms with Gasteiger partial charge in [0.2, 0.25) is 0 Å². The number of rotatable bonds is 4. The Bertz CT molecular complexity index is 442. The summed E-state index contributed by atoms with van der Waals surface area (Å²) in [6.07, 6.45) is 2.90. The van der Waals surface area contributed by atoms with Gasteiger partial charge in [-0.25, -0.2) is 4.79 Å². The molecule has 0 aliphatic heterocycles. The van der Waals surface area contributed by atoms with Crippen LogP contribution in [0.5, 0.6) is 0 Å². The smallest absolute Gasteiger partial charge is 0.350 e. The van der Waals surface area contributed by atoms with Crippen molar-refractivity contribution in [3.63, 3.8) is 0 Å². The lowest BCUT2D eigenvalue weighted by atomic mass is 10.3. The monoisotopic (exact) mass is 220 g/mol. The standard InChI is InChI=1S/C10H12N4O2/c1-3-16-10(15)8(6-11)7-12-9-4-5-13-14(9)2/h4-5,7,12H,3H2,1-2H3/b8-7+. The van der Waals surface area contributed by atoms with Crippen LogP contribution in [0.1, 0.15) is 6.92 Å². The zero-order chi connectivity index (χ0) is 12.0. The van der Waals surface area contributed by atoms with Crippen molar-refractivity contribution in [3.05, 3.63) is 24.0 Å². The lowest BCUT2D eigenvalue weighted by Gasteiger charge is -2.02. The molecular formula is C10H12N4O2. The summed E-state index contributed by atoms with van der Waals surface area (Å²) in [4.78, 5) is 11.2. The fourth-order valence-electron chi connectivity index (χ4n) is 1.01. The first-order chi connectivity index (χ1) is 7.69. The molecular weight excluding hydrogens is 208 g/mol. The van der Waals surface area contributed by atoms with Crippen molar-refractivity contribution in [2.45, 2.75) is 6.92 Å². The molecule has 0 fully saturated rings. The Balaban J connectivity index is 2.72. The number of nitrogens with zero attached hydrogens (tertiary/aromatic N) is 3. The van der Waals surface area contributed by atoms with Crippen LogP contribution >= 0.6 is 0 Å². The summed E-state index contributed by atoms with van der Waals surface area (Å²) >= 11 is 0. The molecule has 16 heavy (non-hydrogen) atoms. The van der Waals surface area contributed by atoms with Gasteiger partial charge in [0, 0.05) is 19.3 Å². The van der Waals surface area contributed by atoms with Gasteiger partial charge in [-0.1, -0.05) is 0 Å². The molecule has 0 amide bonds. The summed E-state index contributed by atoms with van der Waals surface area (Å²) < 4.78 is 6.28. The molecule has 1 aromatic rings. The SMILES string of the molecule is CCOC(=O)/C(C#N)=C/Nc1ccnn1C. The maximum Gasteiger partial charge on any atom is 0.350 e. The topological polar surface area (TPSA) is 79.9 Å². The molecule has 0 spiro atoms. The summed E-state index contributed by atoms with van der Waals surface area (Å²) in [5, 5.41) is 15.5. The number of esters is 1. The highest BCUT2D eigenvalue weighted by molar-refractivity contribution is 5.93. The summed E-state index contributed by atoms with van der Waals surface area (Å²) in [5.74, 6) is 0.0386. The minimum Gasteiger partial charge on any atom is -0.462 e.